The Kier molecular flexibility index (Phi) is 6.92. The summed E-state index contributed by atoms with van der Waals surface area (Å²) in [6.45, 7) is 11.3. The van der Waals surface area contributed by atoms with E-state index in [4.69, 9.17) is 0 Å². The first-order valence-corrected chi connectivity index (χ1v) is 41.4. The van der Waals surface area contributed by atoms with Crippen molar-refractivity contribution >= 4 is 25.7 Å². The number of rotatable bonds is 6. The van der Waals surface area contributed by atoms with Gasteiger partial charge in [-0.3, -0.25) is 0 Å². The summed E-state index contributed by atoms with van der Waals surface area (Å²) in [5.74, 6) is 0. The Balaban J connectivity index is 1.50. The normalized spacial score (nSPS) is 18.5. The van der Waals surface area contributed by atoms with Gasteiger partial charge in [0, 0.05) is 0 Å². The zero-order valence-electron chi connectivity index (χ0n) is 30.4. The third-order valence-electron chi connectivity index (χ3n) is 13.7. The van der Waals surface area contributed by atoms with Crippen LogP contribution in [0.1, 0.15) is 51.9 Å². The molecule has 0 saturated heterocycles. The van der Waals surface area contributed by atoms with Crippen LogP contribution in [-0.2, 0) is 14.2 Å². The molecule has 2 aliphatic rings. The number of fused-ring (bicyclic) bond motifs is 2. The Bertz CT molecular complexity index is 2340. The fourth-order valence-electron chi connectivity index (χ4n) is 11.0. The summed E-state index contributed by atoms with van der Waals surface area (Å²) in [5, 5.41) is 0. The zero-order valence-corrected chi connectivity index (χ0v) is 35.4. The van der Waals surface area contributed by atoms with Crippen LogP contribution in [0.5, 0.6) is 0 Å². The van der Waals surface area contributed by atoms with Crippen LogP contribution in [0.25, 0.3) is 34.4 Å². The molecule has 0 amide bonds. The molecule has 2 aliphatic carbocycles. The average Bonchev–Trinajstić information content (AvgIpc) is 3.76. The van der Waals surface area contributed by atoms with Gasteiger partial charge in [0.2, 0.25) is 0 Å². The monoisotopic (exact) mass is 832 g/mol. The summed E-state index contributed by atoms with van der Waals surface area (Å²) in [5.41, 5.74) is 16.1. The van der Waals surface area contributed by atoms with Crippen LogP contribution >= 0.6 is 0 Å². The van der Waals surface area contributed by atoms with Crippen molar-refractivity contribution in [3.05, 3.63) is 190 Å². The molecule has 0 aliphatic heterocycles. The molecule has 248 valence electrons. The van der Waals surface area contributed by atoms with E-state index < -0.39 is 14.2 Å². The van der Waals surface area contributed by atoms with Crippen LogP contribution in [0.15, 0.2) is 146 Å². The molecule has 0 saturated carbocycles. The quantitative estimate of drug-likeness (QED) is 0.147. The van der Waals surface area contributed by atoms with Gasteiger partial charge in [0.05, 0.1) is 0 Å². The standard InChI is InChI=1S/2C17H15.2C6H5.2CH3.Hf.H2Si/c2*1-12-9-13(2)11-15(10-12)17-8-4-6-14-5-3-7-16(14)17;2*1-2-4-6-5-3-1;;;;/h2*3-11H,1-2H3;2*1-5H;2*1H3;;1H2. The van der Waals surface area contributed by atoms with Gasteiger partial charge in [0.25, 0.3) is 0 Å². The molecule has 0 bridgehead atoms. The third kappa shape index (κ3) is 4.25. The van der Waals surface area contributed by atoms with Crippen molar-refractivity contribution in [2.24, 2.45) is 0 Å². The van der Waals surface area contributed by atoms with Crippen LogP contribution < -0.4 is 6.64 Å². The molecule has 0 heterocycles. The second kappa shape index (κ2) is 10.5. The Hall–Kier alpha value is -4.11. The van der Waals surface area contributed by atoms with Gasteiger partial charge in [-0.2, -0.15) is 0 Å². The van der Waals surface area contributed by atoms with Crippen molar-refractivity contribution in [3.63, 3.8) is 0 Å². The van der Waals surface area contributed by atoms with E-state index in [2.05, 4.69) is 202 Å². The van der Waals surface area contributed by atoms with Gasteiger partial charge in [0.1, 0.15) is 0 Å². The van der Waals surface area contributed by atoms with E-state index in [1.165, 1.54) is 73.4 Å². The van der Waals surface area contributed by atoms with Crippen LogP contribution in [0.3, 0.4) is 0 Å². The number of benzene rings is 6. The number of hydrogen-bond acceptors (Lipinski definition) is 0. The maximum absolute atomic E-state index is 5.96. The first-order chi connectivity index (χ1) is 23.8. The second-order valence-corrected chi connectivity index (χ2v) is 86.3. The van der Waals surface area contributed by atoms with Crippen molar-refractivity contribution in [2.45, 2.75) is 44.4 Å². The molecule has 0 fully saturated rings. The summed E-state index contributed by atoms with van der Waals surface area (Å²) in [4.78, 5) is 0. The first-order valence-electron chi connectivity index (χ1n) is 18.2. The van der Waals surface area contributed by atoms with Crippen LogP contribution in [0.4, 0.5) is 0 Å². The van der Waals surface area contributed by atoms with Crippen LogP contribution in [-0.4, -0.2) is 6.94 Å². The Labute approximate surface area is 294 Å². The predicted molar refractivity (Wildman–Crippen MR) is 219 cm³/mol. The Morgan fingerprint density at radius 2 is 0.800 bits per heavy atom. The average molecular weight is 831 g/mol. The predicted octanol–water partition coefficient (Wildman–Crippen LogP) is 11.1. The molecule has 50 heavy (non-hydrogen) atoms. The minimum atomic E-state index is -5.96. The summed E-state index contributed by atoms with van der Waals surface area (Å²) in [6.07, 6.45) is 10.2. The number of allylic oxidation sites excluding steroid dienone is 2. The molecule has 2 atom stereocenters. The van der Waals surface area contributed by atoms with E-state index in [1.807, 2.05) is 0 Å². The van der Waals surface area contributed by atoms with Crippen LogP contribution in [0, 0.1) is 27.7 Å². The molecule has 8 rings (SSSR count). The molecule has 6 aromatic rings. The molecule has 6 aromatic carbocycles. The summed E-state index contributed by atoms with van der Waals surface area (Å²) in [6, 6.07) is 51.5. The zero-order chi connectivity index (χ0) is 35.0. The van der Waals surface area contributed by atoms with Crippen LogP contribution in [0.2, 0.25) is 9.36 Å². The number of aryl methyl sites for hydroxylation is 4. The summed E-state index contributed by atoms with van der Waals surface area (Å²) >= 11 is -5.96. The fraction of sp³-hybridized carbons (Fsp3) is 0.167. The molecule has 0 nitrogen and oxygen atoms in total. The topological polar surface area (TPSA) is 0 Å². The summed E-state index contributed by atoms with van der Waals surface area (Å²) in [7, 11) is 0. The first kappa shape index (κ1) is 33.1. The molecule has 0 radical (unpaired) electrons. The summed E-state index contributed by atoms with van der Waals surface area (Å²) < 4.78 is 8.95. The van der Waals surface area contributed by atoms with E-state index in [0.717, 1.165) is 0 Å². The fourth-order valence-corrected chi connectivity index (χ4v) is 58.3. The van der Waals surface area contributed by atoms with Crippen molar-refractivity contribution in [2.75, 3.05) is 0 Å². The van der Waals surface area contributed by atoms with Crippen molar-refractivity contribution < 1.29 is 14.2 Å². The molecule has 2 heteroatoms. The molecule has 0 N–H and O–H groups in total. The van der Waals surface area contributed by atoms with Crippen molar-refractivity contribution in [1.29, 1.82) is 0 Å². The van der Waals surface area contributed by atoms with E-state index in [0.29, 0.717) is 0 Å². The molecule has 2 unspecified atom stereocenters. The van der Waals surface area contributed by atoms with Gasteiger partial charge >= 0.3 is 297 Å². The van der Waals surface area contributed by atoms with Gasteiger partial charge in [-0.25, -0.2) is 0 Å². The Morgan fingerprint density at radius 3 is 1.16 bits per heavy atom. The maximum atomic E-state index is 2.80. The molecular formula is C48H48HfSi. The third-order valence-corrected chi connectivity index (χ3v) is 70.8. The van der Waals surface area contributed by atoms with Gasteiger partial charge in [0.15, 0.2) is 0 Å². The second-order valence-electron chi connectivity index (χ2n) is 17.8. The molecular weight excluding hydrogens is 783 g/mol. The van der Waals surface area contributed by atoms with Gasteiger partial charge < -0.3 is 0 Å². The van der Waals surface area contributed by atoms with E-state index in [9.17, 15) is 0 Å². The SMILES string of the molecule is Cc1cc(C)cc(-c2cccc3c2C=C[CH]3[Hf]([CH3])([CH3])(=[SiH2])([c]2ccccc2)([c]2ccccc2)[CH]2C=Cc3c(-c4cc(C)cc(C)c4)cccc32)c1. The molecule has 0 aromatic heterocycles. The van der Waals surface area contributed by atoms with Gasteiger partial charge in [-0.05, 0) is 0 Å². The van der Waals surface area contributed by atoms with E-state index in [1.54, 1.807) is 0 Å². The van der Waals surface area contributed by atoms with Crippen molar-refractivity contribution in [1.82, 2.24) is 0 Å². The minimum absolute atomic E-state index is 0.175. The van der Waals surface area contributed by atoms with E-state index in [-0.39, 0.29) is 7.35 Å². The molecule has 0 spiro atoms. The van der Waals surface area contributed by atoms with Gasteiger partial charge in [-0.15, -0.1) is 0 Å². The Morgan fingerprint density at radius 1 is 0.440 bits per heavy atom. The number of hydrogen-bond donors (Lipinski definition) is 0. The van der Waals surface area contributed by atoms with Crippen molar-refractivity contribution in [3.8, 4) is 22.3 Å². The van der Waals surface area contributed by atoms with E-state index >= 15 is 0 Å². The van der Waals surface area contributed by atoms with Gasteiger partial charge in [-0.1, -0.05) is 0 Å².